The highest BCUT2D eigenvalue weighted by Gasteiger charge is 2.14. The maximum Gasteiger partial charge on any atom is 0.0178 e. The Morgan fingerprint density at radius 3 is 2.31 bits per heavy atom. The highest BCUT2D eigenvalue weighted by Crippen LogP contribution is 2.25. The van der Waals surface area contributed by atoms with Crippen molar-refractivity contribution in [2.24, 2.45) is 5.73 Å². The smallest absolute Gasteiger partial charge is 0.0178 e. The van der Waals surface area contributed by atoms with E-state index >= 15 is 0 Å². The summed E-state index contributed by atoms with van der Waals surface area (Å²) in [7, 11) is 0. The van der Waals surface area contributed by atoms with Gasteiger partial charge in [0, 0.05) is 10.1 Å². The van der Waals surface area contributed by atoms with Crippen LogP contribution in [0.5, 0.6) is 0 Å². The van der Waals surface area contributed by atoms with Gasteiger partial charge >= 0.3 is 0 Å². The Kier molecular flexibility index (Phi) is 3.35. The minimum Gasteiger partial charge on any atom is -0.326 e. The molecule has 0 amide bonds. The Labute approximate surface area is 93.9 Å². The molecule has 0 aliphatic rings. The maximum absolute atomic E-state index is 5.63. The van der Waals surface area contributed by atoms with Crippen LogP contribution < -0.4 is 5.73 Å². The van der Waals surface area contributed by atoms with Crippen molar-refractivity contribution in [3.63, 3.8) is 0 Å². The summed E-state index contributed by atoms with van der Waals surface area (Å²) in [5.41, 5.74) is 8.42. The van der Waals surface area contributed by atoms with Gasteiger partial charge in [0.1, 0.15) is 0 Å². The molecule has 0 aliphatic carbocycles. The first-order valence-electron chi connectivity index (χ1n) is 4.43. The first kappa shape index (κ1) is 11.0. The van der Waals surface area contributed by atoms with Crippen LogP contribution in [-0.2, 0) is 12.0 Å². The summed E-state index contributed by atoms with van der Waals surface area (Å²) in [5, 5.41) is 0. The quantitative estimate of drug-likeness (QED) is 0.790. The van der Waals surface area contributed by atoms with E-state index in [1.54, 1.807) is 0 Å². The Bertz CT molecular complexity index is 299. The molecule has 0 radical (unpaired) electrons. The fraction of sp³-hybridized carbons (Fsp3) is 0.455. The molecule has 0 saturated carbocycles. The van der Waals surface area contributed by atoms with Gasteiger partial charge in [-0.05, 0) is 51.3 Å². The molecule has 0 aromatic heterocycles. The highest BCUT2D eigenvalue weighted by molar-refractivity contribution is 14.1. The largest absolute Gasteiger partial charge is 0.326 e. The molecule has 0 atom stereocenters. The molecule has 0 bridgehead atoms. The van der Waals surface area contributed by atoms with Gasteiger partial charge in [-0.3, -0.25) is 0 Å². The summed E-state index contributed by atoms with van der Waals surface area (Å²) < 4.78 is 1.27. The lowest BCUT2D eigenvalue weighted by atomic mass is 9.86. The normalized spacial score (nSPS) is 11.8. The standard InChI is InChI=1S/C11H16IN/c1-11(2,3)9-4-8(7-13)5-10(12)6-9/h4-6H,7,13H2,1-3H3. The van der Waals surface area contributed by atoms with Crippen LogP contribution in [0.3, 0.4) is 0 Å². The number of halogens is 1. The summed E-state index contributed by atoms with van der Waals surface area (Å²) in [6, 6.07) is 6.55. The third-order valence-corrected chi connectivity index (χ3v) is 2.68. The van der Waals surface area contributed by atoms with E-state index in [2.05, 4.69) is 61.6 Å². The molecule has 2 heteroatoms. The van der Waals surface area contributed by atoms with Crippen LogP contribution in [0.25, 0.3) is 0 Å². The van der Waals surface area contributed by atoms with Crippen LogP contribution in [0.15, 0.2) is 18.2 Å². The number of nitrogens with two attached hydrogens (primary N) is 1. The molecule has 1 rings (SSSR count). The topological polar surface area (TPSA) is 26.0 Å². The summed E-state index contributed by atoms with van der Waals surface area (Å²) in [6.45, 7) is 7.29. The highest BCUT2D eigenvalue weighted by atomic mass is 127. The van der Waals surface area contributed by atoms with Crippen LogP contribution in [0.1, 0.15) is 31.9 Å². The van der Waals surface area contributed by atoms with Gasteiger partial charge in [0.15, 0.2) is 0 Å². The molecular formula is C11H16IN. The van der Waals surface area contributed by atoms with E-state index in [4.69, 9.17) is 5.73 Å². The second kappa shape index (κ2) is 3.96. The zero-order chi connectivity index (χ0) is 10.1. The van der Waals surface area contributed by atoms with Crippen molar-refractivity contribution in [1.29, 1.82) is 0 Å². The lowest BCUT2D eigenvalue weighted by Gasteiger charge is -2.20. The van der Waals surface area contributed by atoms with Crippen LogP contribution in [0, 0.1) is 3.57 Å². The number of hydrogen-bond acceptors (Lipinski definition) is 1. The van der Waals surface area contributed by atoms with Crippen molar-refractivity contribution in [2.75, 3.05) is 0 Å². The maximum atomic E-state index is 5.63. The first-order valence-corrected chi connectivity index (χ1v) is 5.51. The minimum atomic E-state index is 0.213. The molecule has 1 nitrogen and oxygen atoms in total. The summed E-state index contributed by atoms with van der Waals surface area (Å²) in [4.78, 5) is 0. The summed E-state index contributed by atoms with van der Waals surface area (Å²) in [5.74, 6) is 0. The second-order valence-electron chi connectivity index (χ2n) is 4.30. The zero-order valence-electron chi connectivity index (χ0n) is 8.39. The lowest BCUT2D eigenvalue weighted by Crippen LogP contribution is -2.12. The number of benzene rings is 1. The van der Waals surface area contributed by atoms with Crippen LogP contribution in [0.2, 0.25) is 0 Å². The molecule has 0 aliphatic heterocycles. The predicted octanol–water partition coefficient (Wildman–Crippen LogP) is 3.05. The van der Waals surface area contributed by atoms with Crippen LogP contribution >= 0.6 is 22.6 Å². The molecule has 0 heterocycles. The number of rotatable bonds is 1. The summed E-state index contributed by atoms with van der Waals surface area (Å²) >= 11 is 2.34. The van der Waals surface area contributed by atoms with Crippen LogP contribution in [-0.4, -0.2) is 0 Å². The molecule has 13 heavy (non-hydrogen) atoms. The van der Waals surface area contributed by atoms with Gasteiger partial charge < -0.3 is 5.73 Å². The second-order valence-corrected chi connectivity index (χ2v) is 5.55. The molecular weight excluding hydrogens is 273 g/mol. The zero-order valence-corrected chi connectivity index (χ0v) is 10.6. The van der Waals surface area contributed by atoms with Gasteiger partial charge in [-0.15, -0.1) is 0 Å². The minimum absolute atomic E-state index is 0.213. The number of hydrogen-bond donors (Lipinski definition) is 1. The van der Waals surface area contributed by atoms with E-state index in [0.29, 0.717) is 6.54 Å². The van der Waals surface area contributed by atoms with E-state index in [-0.39, 0.29) is 5.41 Å². The van der Waals surface area contributed by atoms with Crippen molar-refractivity contribution in [2.45, 2.75) is 32.7 Å². The average Bonchev–Trinajstić information content (AvgIpc) is 2.01. The van der Waals surface area contributed by atoms with E-state index < -0.39 is 0 Å². The fourth-order valence-electron chi connectivity index (χ4n) is 1.20. The van der Waals surface area contributed by atoms with Gasteiger partial charge in [0.05, 0.1) is 0 Å². The Hall–Kier alpha value is -0.0900. The van der Waals surface area contributed by atoms with Gasteiger partial charge in [-0.25, -0.2) is 0 Å². The average molecular weight is 289 g/mol. The fourth-order valence-corrected chi connectivity index (χ4v) is 1.94. The van der Waals surface area contributed by atoms with Crippen molar-refractivity contribution in [3.8, 4) is 0 Å². The SMILES string of the molecule is CC(C)(C)c1cc(I)cc(CN)c1. The molecule has 72 valence electrons. The third-order valence-electron chi connectivity index (χ3n) is 2.06. The Morgan fingerprint density at radius 2 is 1.85 bits per heavy atom. The van der Waals surface area contributed by atoms with E-state index in [1.165, 1.54) is 14.7 Å². The van der Waals surface area contributed by atoms with E-state index in [0.717, 1.165) is 0 Å². The van der Waals surface area contributed by atoms with Crippen molar-refractivity contribution in [3.05, 3.63) is 32.9 Å². The van der Waals surface area contributed by atoms with Gasteiger partial charge in [-0.1, -0.05) is 26.8 Å². The van der Waals surface area contributed by atoms with Gasteiger partial charge in [0.25, 0.3) is 0 Å². The van der Waals surface area contributed by atoms with Gasteiger partial charge in [-0.2, -0.15) is 0 Å². The molecule has 1 aromatic carbocycles. The Balaban J connectivity index is 3.16. The summed E-state index contributed by atoms with van der Waals surface area (Å²) in [6.07, 6.45) is 0. The van der Waals surface area contributed by atoms with Crippen molar-refractivity contribution in [1.82, 2.24) is 0 Å². The van der Waals surface area contributed by atoms with Gasteiger partial charge in [0.2, 0.25) is 0 Å². The lowest BCUT2D eigenvalue weighted by molar-refractivity contribution is 0.589. The molecule has 1 aromatic rings. The molecule has 2 N–H and O–H groups in total. The Morgan fingerprint density at radius 1 is 1.23 bits per heavy atom. The first-order chi connectivity index (χ1) is 5.93. The molecule has 0 saturated heterocycles. The molecule has 0 unspecified atom stereocenters. The van der Waals surface area contributed by atoms with Crippen molar-refractivity contribution >= 4 is 22.6 Å². The molecule has 0 fully saturated rings. The molecule has 0 spiro atoms. The van der Waals surface area contributed by atoms with E-state index in [1.807, 2.05) is 0 Å². The predicted molar refractivity (Wildman–Crippen MR) is 65.8 cm³/mol. The van der Waals surface area contributed by atoms with E-state index in [9.17, 15) is 0 Å². The van der Waals surface area contributed by atoms with Crippen molar-refractivity contribution < 1.29 is 0 Å². The third kappa shape index (κ3) is 2.95. The monoisotopic (exact) mass is 289 g/mol. The van der Waals surface area contributed by atoms with Crippen LogP contribution in [0.4, 0.5) is 0 Å².